The first-order chi connectivity index (χ1) is 13.9. The molecule has 0 spiro atoms. The highest BCUT2D eigenvalue weighted by molar-refractivity contribution is 6.36. The van der Waals surface area contributed by atoms with Gasteiger partial charge in [0.2, 0.25) is 5.78 Å². The smallest absolute Gasteiger partial charge is 0.338 e. The largest absolute Gasteiger partial charge is 0.489 e. The molecule has 0 atom stereocenters. The zero-order chi connectivity index (χ0) is 20.8. The number of Topliss-reactive ketones (excluding diaryl/α,β-unsaturated/α-hetero) is 1. The maximum atomic E-state index is 12.2. The van der Waals surface area contributed by atoms with Gasteiger partial charge in [0.1, 0.15) is 12.4 Å². The van der Waals surface area contributed by atoms with E-state index in [9.17, 15) is 9.59 Å². The third-order valence-corrected chi connectivity index (χ3v) is 4.73. The molecular weight excluding hydrogens is 411 g/mol. The number of carbonyl (C=O) groups excluding carboxylic acids is 2. The van der Waals surface area contributed by atoms with Crippen LogP contribution in [0.3, 0.4) is 0 Å². The summed E-state index contributed by atoms with van der Waals surface area (Å²) in [6.07, 6.45) is 0. The predicted molar refractivity (Wildman–Crippen MR) is 113 cm³/mol. The van der Waals surface area contributed by atoms with Crippen LogP contribution in [0.1, 0.15) is 31.8 Å². The number of ether oxygens (including phenoxy) is 2. The fourth-order valence-corrected chi connectivity index (χ4v) is 3.06. The van der Waals surface area contributed by atoms with E-state index < -0.39 is 18.4 Å². The summed E-state index contributed by atoms with van der Waals surface area (Å²) in [5.74, 6) is -0.212. The second-order valence-corrected chi connectivity index (χ2v) is 7.27. The molecule has 29 heavy (non-hydrogen) atoms. The lowest BCUT2D eigenvalue weighted by molar-refractivity contribution is 0.0474. The molecule has 0 fully saturated rings. The van der Waals surface area contributed by atoms with Gasteiger partial charge in [-0.15, -0.1) is 0 Å². The van der Waals surface area contributed by atoms with Crippen LogP contribution in [-0.2, 0) is 11.3 Å². The van der Waals surface area contributed by atoms with Gasteiger partial charge in [0, 0.05) is 10.6 Å². The number of hydrogen-bond donors (Lipinski definition) is 0. The second kappa shape index (κ2) is 9.59. The molecule has 3 aromatic carbocycles. The van der Waals surface area contributed by atoms with Crippen LogP contribution in [0.2, 0.25) is 10.0 Å². The van der Waals surface area contributed by atoms with Gasteiger partial charge in [0.05, 0.1) is 10.6 Å². The van der Waals surface area contributed by atoms with Crippen molar-refractivity contribution >= 4 is 35.0 Å². The highest BCUT2D eigenvalue weighted by Crippen LogP contribution is 2.21. The minimum atomic E-state index is -0.588. The fourth-order valence-electron chi connectivity index (χ4n) is 2.55. The number of carbonyl (C=O) groups is 2. The molecule has 0 aliphatic heterocycles. The molecule has 6 heteroatoms. The van der Waals surface area contributed by atoms with E-state index in [1.165, 1.54) is 12.1 Å². The van der Waals surface area contributed by atoms with Crippen LogP contribution in [-0.4, -0.2) is 18.4 Å². The van der Waals surface area contributed by atoms with E-state index in [0.717, 1.165) is 16.9 Å². The minimum absolute atomic E-state index is 0.219. The van der Waals surface area contributed by atoms with Gasteiger partial charge in [-0.1, -0.05) is 53.0 Å². The van der Waals surface area contributed by atoms with Gasteiger partial charge < -0.3 is 9.47 Å². The Balaban J connectivity index is 1.53. The molecule has 3 rings (SSSR count). The van der Waals surface area contributed by atoms with E-state index >= 15 is 0 Å². The molecule has 0 saturated heterocycles. The third kappa shape index (κ3) is 5.83. The van der Waals surface area contributed by atoms with E-state index in [-0.39, 0.29) is 10.6 Å². The Morgan fingerprint density at radius 2 is 1.59 bits per heavy atom. The summed E-state index contributed by atoms with van der Waals surface area (Å²) >= 11 is 11.8. The summed E-state index contributed by atoms with van der Waals surface area (Å²) in [6, 6.07) is 19.1. The van der Waals surface area contributed by atoms with Gasteiger partial charge in [-0.25, -0.2) is 4.79 Å². The summed E-state index contributed by atoms with van der Waals surface area (Å²) in [6.45, 7) is 1.99. The van der Waals surface area contributed by atoms with Crippen LogP contribution in [0.5, 0.6) is 5.75 Å². The molecule has 4 nitrogen and oxygen atoms in total. The molecule has 0 heterocycles. The van der Waals surface area contributed by atoms with E-state index in [0.29, 0.717) is 17.2 Å². The molecule has 0 aliphatic rings. The number of hydrogen-bond acceptors (Lipinski definition) is 4. The highest BCUT2D eigenvalue weighted by Gasteiger charge is 2.14. The monoisotopic (exact) mass is 428 g/mol. The summed E-state index contributed by atoms with van der Waals surface area (Å²) in [5, 5.41) is 0.645. The predicted octanol–water partition coefficient (Wildman–Crippen LogP) is 5.92. The van der Waals surface area contributed by atoms with Gasteiger partial charge in [-0.05, 0) is 55.0 Å². The Morgan fingerprint density at radius 1 is 0.897 bits per heavy atom. The van der Waals surface area contributed by atoms with Crippen molar-refractivity contribution in [1.29, 1.82) is 0 Å². The lowest BCUT2D eigenvalue weighted by atomic mass is 10.1. The van der Waals surface area contributed by atoms with Crippen molar-refractivity contribution in [3.8, 4) is 5.75 Å². The maximum absolute atomic E-state index is 12.2. The number of rotatable bonds is 7. The van der Waals surface area contributed by atoms with E-state index in [1.54, 1.807) is 30.3 Å². The van der Waals surface area contributed by atoms with Crippen molar-refractivity contribution in [3.63, 3.8) is 0 Å². The molecular formula is C23H18Cl2O4. The normalized spacial score (nSPS) is 10.4. The molecule has 0 amide bonds. The van der Waals surface area contributed by atoms with Gasteiger partial charge in [0.25, 0.3) is 0 Å². The van der Waals surface area contributed by atoms with Crippen molar-refractivity contribution in [2.75, 3.05) is 6.61 Å². The molecule has 0 saturated carbocycles. The first-order valence-corrected chi connectivity index (χ1v) is 9.62. The zero-order valence-electron chi connectivity index (χ0n) is 15.7. The molecule has 3 aromatic rings. The molecule has 0 radical (unpaired) electrons. The summed E-state index contributed by atoms with van der Waals surface area (Å²) in [5.41, 5.74) is 2.68. The minimum Gasteiger partial charge on any atom is -0.489 e. The second-order valence-electron chi connectivity index (χ2n) is 6.42. The van der Waals surface area contributed by atoms with Crippen molar-refractivity contribution in [1.82, 2.24) is 0 Å². The summed E-state index contributed by atoms with van der Waals surface area (Å²) < 4.78 is 10.8. The number of aryl methyl sites for hydroxylation is 1. The van der Waals surface area contributed by atoms with Gasteiger partial charge >= 0.3 is 5.97 Å². The van der Waals surface area contributed by atoms with E-state index in [4.69, 9.17) is 32.7 Å². The van der Waals surface area contributed by atoms with Crippen LogP contribution >= 0.6 is 23.2 Å². The Bertz CT molecular complexity index is 1010. The molecule has 0 aliphatic carbocycles. The van der Waals surface area contributed by atoms with Crippen LogP contribution in [0.25, 0.3) is 0 Å². The van der Waals surface area contributed by atoms with E-state index in [1.807, 2.05) is 31.2 Å². The summed E-state index contributed by atoms with van der Waals surface area (Å²) in [4.78, 5) is 24.4. The van der Waals surface area contributed by atoms with Crippen molar-refractivity contribution in [2.24, 2.45) is 0 Å². The molecule has 0 N–H and O–H groups in total. The average molecular weight is 429 g/mol. The Kier molecular flexibility index (Phi) is 6.91. The van der Waals surface area contributed by atoms with E-state index in [2.05, 4.69) is 0 Å². The average Bonchev–Trinajstić information content (AvgIpc) is 2.72. The van der Waals surface area contributed by atoms with Crippen LogP contribution in [0, 0.1) is 6.92 Å². The van der Waals surface area contributed by atoms with Gasteiger partial charge in [0.15, 0.2) is 6.61 Å². The van der Waals surface area contributed by atoms with Crippen LogP contribution < -0.4 is 4.74 Å². The topological polar surface area (TPSA) is 52.6 Å². The number of halogens is 2. The van der Waals surface area contributed by atoms with Crippen LogP contribution in [0.4, 0.5) is 0 Å². The lowest BCUT2D eigenvalue weighted by Gasteiger charge is -2.08. The van der Waals surface area contributed by atoms with Gasteiger partial charge in [-0.2, -0.15) is 0 Å². The highest BCUT2D eigenvalue weighted by atomic mass is 35.5. The zero-order valence-corrected chi connectivity index (χ0v) is 17.2. The molecule has 148 valence electrons. The lowest BCUT2D eigenvalue weighted by Crippen LogP contribution is -2.14. The Hall–Kier alpha value is -2.82. The third-order valence-electron chi connectivity index (χ3n) is 4.18. The standard InChI is InChI=1S/C23H18Cl2O4/c1-15-2-9-19(10-3-15)28-13-16-4-6-17(7-5-16)23(27)29-14-22(26)20-11-8-18(24)12-21(20)25/h2-12H,13-14H2,1H3. The van der Waals surface area contributed by atoms with Crippen molar-refractivity contribution < 1.29 is 19.1 Å². The molecule has 0 aromatic heterocycles. The van der Waals surface area contributed by atoms with Crippen LogP contribution in [0.15, 0.2) is 66.7 Å². The quantitative estimate of drug-likeness (QED) is 0.346. The number of esters is 1. The summed E-state index contributed by atoms with van der Waals surface area (Å²) in [7, 11) is 0. The maximum Gasteiger partial charge on any atom is 0.338 e. The SMILES string of the molecule is Cc1ccc(OCc2ccc(C(=O)OCC(=O)c3ccc(Cl)cc3Cl)cc2)cc1. The van der Waals surface area contributed by atoms with Crippen molar-refractivity contribution in [2.45, 2.75) is 13.5 Å². The first-order valence-electron chi connectivity index (χ1n) is 8.86. The number of ketones is 1. The first kappa shape index (κ1) is 20.9. The van der Waals surface area contributed by atoms with Gasteiger partial charge in [-0.3, -0.25) is 4.79 Å². The fraction of sp³-hybridized carbons (Fsp3) is 0.130. The Morgan fingerprint density at radius 3 is 2.24 bits per heavy atom. The van der Waals surface area contributed by atoms with Crippen molar-refractivity contribution in [3.05, 3.63) is 99.0 Å². The molecule has 0 bridgehead atoms. The molecule has 0 unspecified atom stereocenters. The number of benzene rings is 3. The Labute approximate surface area is 179 Å².